The molecule has 0 radical (unpaired) electrons. The van der Waals surface area contributed by atoms with Gasteiger partial charge in [0.05, 0.1) is 11.9 Å². The summed E-state index contributed by atoms with van der Waals surface area (Å²) in [6.07, 6.45) is -3.14. The Morgan fingerprint density at radius 3 is 2.19 bits per heavy atom. The number of nitrogens with one attached hydrogen (secondary N) is 3. The first kappa shape index (κ1) is 27.0. The fourth-order valence-corrected chi connectivity index (χ4v) is 4.43. The van der Waals surface area contributed by atoms with Crippen LogP contribution in [0.25, 0.3) is 0 Å². The number of carbonyl (C=O) groups excluding carboxylic acids is 1. The lowest BCUT2D eigenvalue weighted by Crippen LogP contribution is -2.19. The topological polar surface area (TPSA) is 117 Å². The van der Waals surface area contributed by atoms with Gasteiger partial charge in [-0.05, 0) is 66.6 Å². The Hall–Kier alpha value is -3.58. The molecule has 0 saturated heterocycles. The van der Waals surface area contributed by atoms with Crippen molar-refractivity contribution >= 4 is 44.9 Å². The minimum atomic E-state index is -4.72. The van der Waals surface area contributed by atoms with Crippen LogP contribution in [0.3, 0.4) is 0 Å². The summed E-state index contributed by atoms with van der Waals surface area (Å²) < 4.78 is 65.5. The van der Waals surface area contributed by atoms with Gasteiger partial charge in [0, 0.05) is 22.0 Å². The van der Waals surface area contributed by atoms with Crippen LogP contribution in [0.5, 0.6) is 11.5 Å². The molecule has 3 rings (SSSR count). The number of phenolic OH excluding ortho intramolecular Hbond substituents is 1. The Balaban J connectivity index is 1.47. The van der Waals surface area contributed by atoms with E-state index in [-0.39, 0.29) is 22.9 Å². The van der Waals surface area contributed by atoms with Crippen LogP contribution >= 0.6 is 11.8 Å². The summed E-state index contributed by atoms with van der Waals surface area (Å²) in [5.74, 6) is 0.145. The first-order valence-electron chi connectivity index (χ1n) is 10.3. The van der Waals surface area contributed by atoms with Gasteiger partial charge in [-0.3, -0.25) is 4.72 Å². The summed E-state index contributed by atoms with van der Waals surface area (Å²) in [6, 6.07) is 16.2. The van der Waals surface area contributed by atoms with Gasteiger partial charge in [0.2, 0.25) is 10.0 Å². The zero-order valence-corrected chi connectivity index (χ0v) is 20.4. The van der Waals surface area contributed by atoms with Gasteiger partial charge in [-0.15, -0.1) is 24.9 Å². The molecule has 0 aliphatic heterocycles. The number of benzene rings is 3. The molecular formula is C23H22F3N3O5S2. The Bertz CT molecular complexity index is 1300. The highest BCUT2D eigenvalue weighted by molar-refractivity contribution is 7.99. The Morgan fingerprint density at radius 2 is 1.58 bits per heavy atom. The van der Waals surface area contributed by atoms with Gasteiger partial charge in [-0.2, -0.15) is 0 Å². The summed E-state index contributed by atoms with van der Waals surface area (Å²) in [7, 11) is -3.61. The monoisotopic (exact) mass is 541 g/mol. The molecule has 0 bridgehead atoms. The van der Waals surface area contributed by atoms with Crippen molar-refractivity contribution in [2.45, 2.75) is 17.7 Å². The van der Waals surface area contributed by atoms with Crippen molar-refractivity contribution in [3.8, 4) is 11.5 Å². The number of phenols is 1. The third-order valence-electron chi connectivity index (χ3n) is 4.48. The van der Waals surface area contributed by atoms with Gasteiger partial charge in [-0.1, -0.05) is 12.1 Å². The number of ether oxygens (including phenoxy) is 1. The van der Waals surface area contributed by atoms with Gasteiger partial charge >= 0.3 is 12.4 Å². The van der Waals surface area contributed by atoms with Crippen LogP contribution in [0.2, 0.25) is 0 Å². The van der Waals surface area contributed by atoms with Crippen molar-refractivity contribution in [1.29, 1.82) is 0 Å². The number of urea groups is 1. The average molecular weight is 542 g/mol. The third-order valence-corrected chi connectivity index (χ3v) is 6.08. The van der Waals surface area contributed by atoms with Crippen LogP contribution < -0.4 is 20.1 Å². The van der Waals surface area contributed by atoms with E-state index in [0.717, 1.165) is 16.7 Å². The van der Waals surface area contributed by atoms with E-state index in [2.05, 4.69) is 20.1 Å². The molecule has 0 aliphatic carbocycles. The molecule has 0 aromatic heterocycles. The number of hydrogen-bond donors (Lipinski definition) is 4. The molecule has 0 heterocycles. The molecule has 0 atom stereocenters. The van der Waals surface area contributed by atoms with Gasteiger partial charge in [0.25, 0.3) is 0 Å². The number of halogens is 3. The second-order valence-corrected chi connectivity index (χ2v) is 10.4. The number of aromatic hydroxyl groups is 1. The summed E-state index contributed by atoms with van der Waals surface area (Å²) >= 11 is 1.55. The highest BCUT2D eigenvalue weighted by atomic mass is 32.2. The molecule has 36 heavy (non-hydrogen) atoms. The fourth-order valence-electron chi connectivity index (χ4n) is 2.97. The third kappa shape index (κ3) is 9.23. The van der Waals surface area contributed by atoms with Crippen LogP contribution in [0.15, 0.2) is 71.6 Å². The molecule has 0 saturated carbocycles. The Morgan fingerprint density at radius 1 is 0.972 bits per heavy atom. The predicted molar refractivity (Wildman–Crippen MR) is 133 cm³/mol. The van der Waals surface area contributed by atoms with Crippen molar-refractivity contribution in [3.63, 3.8) is 0 Å². The van der Waals surface area contributed by atoms with Gasteiger partial charge in [0.15, 0.2) is 0 Å². The second-order valence-electron chi connectivity index (χ2n) is 7.50. The summed E-state index contributed by atoms with van der Waals surface area (Å²) in [5.41, 5.74) is 1.59. The largest absolute Gasteiger partial charge is 0.573 e. The van der Waals surface area contributed by atoms with E-state index in [1.165, 1.54) is 30.3 Å². The second kappa shape index (κ2) is 11.4. The van der Waals surface area contributed by atoms with Crippen molar-refractivity contribution in [2.75, 3.05) is 27.4 Å². The number of anilines is 3. The lowest BCUT2D eigenvalue weighted by atomic mass is 10.2. The molecule has 8 nitrogen and oxygen atoms in total. The number of amides is 2. The van der Waals surface area contributed by atoms with Crippen LogP contribution in [-0.4, -0.2) is 37.9 Å². The summed E-state index contributed by atoms with van der Waals surface area (Å²) in [5, 5.41) is 15.0. The predicted octanol–water partition coefficient (Wildman–Crippen LogP) is 5.64. The van der Waals surface area contributed by atoms with Crippen molar-refractivity contribution < 1.29 is 36.2 Å². The molecule has 0 spiro atoms. The van der Waals surface area contributed by atoms with Gasteiger partial charge in [0.1, 0.15) is 11.5 Å². The zero-order valence-electron chi connectivity index (χ0n) is 18.8. The smallest absolute Gasteiger partial charge is 0.506 e. The number of alkyl halides is 3. The van der Waals surface area contributed by atoms with E-state index in [0.29, 0.717) is 17.9 Å². The number of thioether (sulfide) groups is 1. The van der Waals surface area contributed by atoms with E-state index in [1.54, 1.807) is 36.0 Å². The number of sulfonamides is 1. The molecule has 2 amide bonds. The molecule has 4 N–H and O–H groups in total. The van der Waals surface area contributed by atoms with Crippen LogP contribution in [-0.2, 0) is 16.4 Å². The quantitative estimate of drug-likeness (QED) is 0.158. The number of aryl methyl sites for hydroxylation is 1. The van der Waals surface area contributed by atoms with E-state index in [1.807, 2.05) is 12.1 Å². The van der Waals surface area contributed by atoms with Crippen LogP contribution in [0.4, 0.5) is 35.0 Å². The average Bonchev–Trinajstić information content (AvgIpc) is 2.76. The van der Waals surface area contributed by atoms with Crippen LogP contribution in [0.1, 0.15) is 5.56 Å². The van der Waals surface area contributed by atoms with E-state index in [4.69, 9.17) is 0 Å². The SMILES string of the molecule is CS(=O)(=O)Nc1cc(NC(=O)Nc2ccc(SCCc3ccc(OC(F)(F)F)cc3)cc2)ccc1O. The maximum Gasteiger partial charge on any atom is 0.573 e. The normalized spacial score (nSPS) is 11.6. The highest BCUT2D eigenvalue weighted by Crippen LogP contribution is 2.28. The number of rotatable bonds is 9. The first-order valence-corrected chi connectivity index (χ1v) is 13.2. The molecule has 0 aliphatic rings. The number of hydrogen-bond acceptors (Lipinski definition) is 6. The minimum absolute atomic E-state index is 0.0674. The fraction of sp³-hybridized carbons (Fsp3) is 0.174. The highest BCUT2D eigenvalue weighted by Gasteiger charge is 2.30. The molecule has 192 valence electrons. The molecule has 3 aromatic carbocycles. The molecule has 13 heteroatoms. The van der Waals surface area contributed by atoms with E-state index in [9.17, 15) is 31.5 Å². The molecular weight excluding hydrogens is 519 g/mol. The standard InChI is InChI=1S/C23H22F3N3O5S2/c1-36(32,33)29-20-14-17(6-11-21(20)30)28-22(31)27-16-4-9-19(10-5-16)35-13-12-15-2-7-18(8-3-15)34-23(24,25)26/h2-11,14,29-30H,12-13H2,1H3,(H2,27,28,31). The lowest BCUT2D eigenvalue weighted by Gasteiger charge is -2.11. The summed E-state index contributed by atoms with van der Waals surface area (Å²) in [6.45, 7) is 0. The minimum Gasteiger partial charge on any atom is -0.506 e. The lowest BCUT2D eigenvalue weighted by molar-refractivity contribution is -0.274. The van der Waals surface area contributed by atoms with Crippen molar-refractivity contribution in [1.82, 2.24) is 0 Å². The van der Waals surface area contributed by atoms with Crippen molar-refractivity contribution in [3.05, 3.63) is 72.3 Å². The maximum absolute atomic E-state index is 12.3. The van der Waals surface area contributed by atoms with Crippen molar-refractivity contribution in [2.24, 2.45) is 0 Å². The van der Waals surface area contributed by atoms with Crippen LogP contribution in [0, 0.1) is 0 Å². The summed E-state index contributed by atoms with van der Waals surface area (Å²) in [4.78, 5) is 13.2. The Labute approximate surface area is 209 Å². The molecule has 0 unspecified atom stereocenters. The number of carbonyl (C=O) groups is 1. The van der Waals surface area contributed by atoms with Gasteiger partial charge < -0.3 is 20.5 Å². The van der Waals surface area contributed by atoms with Gasteiger partial charge in [-0.25, -0.2) is 13.2 Å². The first-order chi connectivity index (χ1) is 16.9. The van der Waals surface area contributed by atoms with E-state index < -0.39 is 22.4 Å². The zero-order chi connectivity index (χ0) is 26.3. The van der Waals surface area contributed by atoms with E-state index >= 15 is 0 Å². The maximum atomic E-state index is 12.3. The molecule has 0 fully saturated rings. The molecule has 3 aromatic rings. The Kier molecular flexibility index (Phi) is 8.58.